The van der Waals surface area contributed by atoms with Gasteiger partial charge in [-0.25, -0.2) is 9.37 Å². The fourth-order valence-corrected chi connectivity index (χ4v) is 2.53. The molecule has 0 radical (unpaired) electrons. The van der Waals surface area contributed by atoms with Crippen LogP contribution in [0.1, 0.15) is 11.1 Å². The van der Waals surface area contributed by atoms with E-state index in [2.05, 4.69) is 4.98 Å². The van der Waals surface area contributed by atoms with E-state index in [1.807, 2.05) is 30.3 Å². The van der Waals surface area contributed by atoms with Crippen LogP contribution in [0.15, 0.2) is 60.8 Å². The van der Waals surface area contributed by atoms with Crippen molar-refractivity contribution >= 4 is 0 Å². The van der Waals surface area contributed by atoms with E-state index in [-0.39, 0.29) is 6.61 Å². The minimum absolute atomic E-state index is 0.234. The van der Waals surface area contributed by atoms with Crippen molar-refractivity contribution in [1.29, 1.82) is 0 Å². The van der Waals surface area contributed by atoms with Crippen LogP contribution in [0, 0.1) is 5.82 Å². The van der Waals surface area contributed by atoms with E-state index in [1.165, 1.54) is 13.2 Å². The smallest absolute Gasteiger partial charge is 0.213 e. The van der Waals surface area contributed by atoms with Gasteiger partial charge >= 0.3 is 0 Å². The van der Waals surface area contributed by atoms with Crippen molar-refractivity contribution < 1.29 is 19.0 Å². The van der Waals surface area contributed by atoms with Crippen LogP contribution in [-0.2, 0) is 13.2 Å². The lowest BCUT2D eigenvalue weighted by Gasteiger charge is -2.13. The fraction of sp³-hybridized carbons (Fsp3) is 0.150. The number of aromatic nitrogens is 1. The van der Waals surface area contributed by atoms with Gasteiger partial charge in [-0.1, -0.05) is 36.4 Å². The highest BCUT2D eigenvalue weighted by Gasteiger charge is 2.13. The Kier molecular flexibility index (Phi) is 5.26. The molecule has 1 N–H and O–H groups in total. The van der Waals surface area contributed by atoms with Crippen molar-refractivity contribution in [3.05, 3.63) is 77.7 Å². The molecule has 4 nitrogen and oxygen atoms in total. The summed E-state index contributed by atoms with van der Waals surface area (Å²) in [6, 6.07) is 16.5. The number of ether oxygens (including phenoxy) is 2. The molecule has 2 aromatic carbocycles. The topological polar surface area (TPSA) is 51.6 Å². The third-order valence-corrected chi connectivity index (χ3v) is 3.82. The van der Waals surface area contributed by atoms with Gasteiger partial charge in [0, 0.05) is 11.6 Å². The highest BCUT2D eigenvalue weighted by atomic mass is 19.1. The van der Waals surface area contributed by atoms with Crippen LogP contribution in [0.4, 0.5) is 4.39 Å². The lowest BCUT2D eigenvalue weighted by Crippen LogP contribution is -1.98. The Hall–Kier alpha value is -2.92. The Balaban J connectivity index is 1.87. The second-order valence-corrected chi connectivity index (χ2v) is 5.46. The van der Waals surface area contributed by atoms with Crippen molar-refractivity contribution in [2.45, 2.75) is 13.2 Å². The molecular formula is C20H18FNO3. The number of aliphatic hydroxyl groups excluding tert-OH is 1. The summed E-state index contributed by atoms with van der Waals surface area (Å²) in [5.41, 5.74) is 2.51. The zero-order chi connectivity index (χ0) is 17.6. The number of hydrogen-bond acceptors (Lipinski definition) is 4. The molecule has 0 amide bonds. The number of benzene rings is 2. The number of halogens is 1. The van der Waals surface area contributed by atoms with Crippen molar-refractivity contribution in [2.24, 2.45) is 0 Å². The molecule has 1 aromatic heterocycles. The zero-order valence-electron chi connectivity index (χ0n) is 13.8. The lowest BCUT2D eigenvalue weighted by molar-refractivity contribution is 0.278. The normalized spacial score (nSPS) is 10.5. The van der Waals surface area contributed by atoms with Gasteiger partial charge in [0.1, 0.15) is 18.2 Å². The summed E-state index contributed by atoms with van der Waals surface area (Å²) >= 11 is 0. The van der Waals surface area contributed by atoms with E-state index in [0.717, 1.165) is 11.8 Å². The standard InChI is InChI=1S/C20H18FNO3/c1-24-20-10-18(19(21)11-22-20)17-8-7-16(9-15(17)12-23)25-13-14-5-3-2-4-6-14/h2-11,23H,12-13H2,1H3. The average molecular weight is 339 g/mol. The van der Waals surface area contributed by atoms with E-state index < -0.39 is 5.82 Å². The summed E-state index contributed by atoms with van der Waals surface area (Å²) in [4.78, 5) is 3.83. The minimum atomic E-state index is -0.478. The maximum Gasteiger partial charge on any atom is 0.213 e. The second kappa shape index (κ2) is 7.77. The zero-order valence-corrected chi connectivity index (χ0v) is 13.8. The minimum Gasteiger partial charge on any atom is -0.489 e. The van der Waals surface area contributed by atoms with E-state index >= 15 is 0 Å². The van der Waals surface area contributed by atoms with Gasteiger partial charge < -0.3 is 14.6 Å². The summed E-state index contributed by atoms with van der Waals surface area (Å²) < 4.78 is 25.0. The van der Waals surface area contributed by atoms with Crippen molar-refractivity contribution in [3.63, 3.8) is 0 Å². The number of pyridine rings is 1. The van der Waals surface area contributed by atoms with Gasteiger partial charge in [-0.2, -0.15) is 0 Å². The van der Waals surface area contributed by atoms with Crippen molar-refractivity contribution in [2.75, 3.05) is 7.11 Å². The molecule has 0 bridgehead atoms. The fourth-order valence-electron chi connectivity index (χ4n) is 2.53. The summed E-state index contributed by atoms with van der Waals surface area (Å²) in [5.74, 6) is 0.441. The third kappa shape index (κ3) is 3.95. The Morgan fingerprint density at radius 2 is 1.84 bits per heavy atom. The van der Waals surface area contributed by atoms with Crippen molar-refractivity contribution in [1.82, 2.24) is 4.98 Å². The SMILES string of the molecule is COc1cc(-c2ccc(OCc3ccccc3)cc2CO)c(F)cn1. The highest BCUT2D eigenvalue weighted by Crippen LogP contribution is 2.31. The van der Waals surface area contributed by atoms with E-state index in [1.54, 1.807) is 18.2 Å². The van der Waals surface area contributed by atoms with Crippen LogP contribution in [-0.4, -0.2) is 17.2 Å². The number of aliphatic hydroxyl groups is 1. The second-order valence-electron chi connectivity index (χ2n) is 5.46. The molecule has 128 valence electrons. The summed E-state index contributed by atoms with van der Waals surface area (Å²) in [6.45, 7) is 0.185. The Labute approximate surface area is 145 Å². The van der Waals surface area contributed by atoms with Gasteiger partial charge in [0.2, 0.25) is 5.88 Å². The van der Waals surface area contributed by atoms with Crippen LogP contribution < -0.4 is 9.47 Å². The number of rotatable bonds is 6. The first-order chi connectivity index (χ1) is 12.2. The first kappa shape index (κ1) is 16.9. The summed E-state index contributed by atoms with van der Waals surface area (Å²) in [6.07, 6.45) is 1.11. The molecule has 25 heavy (non-hydrogen) atoms. The quantitative estimate of drug-likeness (QED) is 0.738. The molecule has 1 heterocycles. The molecular weight excluding hydrogens is 321 g/mol. The van der Waals surface area contributed by atoms with Crippen LogP contribution in [0.3, 0.4) is 0 Å². The molecule has 0 aliphatic rings. The number of hydrogen-bond donors (Lipinski definition) is 1. The van der Waals surface area contributed by atoms with Gasteiger partial charge in [0.15, 0.2) is 0 Å². The predicted octanol–water partition coefficient (Wildman–Crippen LogP) is 3.97. The molecule has 5 heteroatoms. The van der Waals surface area contributed by atoms with E-state index in [0.29, 0.717) is 34.9 Å². The lowest BCUT2D eigenvalue weighted by atomic mass is 10.00. The van der Waals surface area contributed by atoms with E-state index in [4.69, 9.17) is 9.47 Å². The first-order valence-electron chi connectivity index (χ1n) is 7.81. The molecule has 0 spiro atoms. The van der Waals surface area contributed by atoms with Gasteiger partial charge in [0.05, 0.1) is 19.9 Å². The number of methoxy groups -OCH3 is 1. The van der Waals surface area contributed by atoms with Crippen LogP contribution >= 0.6 is 0 Å². The largest absolute Gasteiger partial charge is 0.489 e. The molecule has 0 aliphatic carbocycles. The molecule has 0 saturated carbocycles. The predicted molar refractivity (Wildman–Crippen MR) is 92.9 cm³/mol. The molecule has 3 aromatic rings. The van der Waals surface area contributed by atoms with Crippen LogP contribution in [0.25, 0.3) is 11.1 Å². The van der Waals surface area contributed by atoms with Gasteiger partial charge in [-0.3, -0.25) is 0 Å². The van der Waals surface area contributed by atoms with Crippen molar-refractivity contribution in [3.8, 4) is 22.8 Å². The van der Waals surface area contributed by atoms with Crippen LogP contribution in [0.2, 0.25) is 0 Å². The maximum atomic E-state index is 14.1. The summed E-state index contributed by atoms with van der Waals surface area (Å²) in [7, 11) is 1.47. The molecule has 3 rings (SSSR count). The Morgan fingerprint density at radius 1 is 1.04 bits per heavy atom. The summed E-state index contributed by atoms with van der Waals surface area (Å²) in [5, 5.41) is 9.68. The Bertz CT molecular complexity index is 853. The van der Waals surface area contributed by atoms with E-state index in [9.17, 15) is 9.50 Å². The van der Waals surface area contributed by atoms with Gasteiger partial charge in [-0.15, -0.1) is 0 Å². The molecule has 0 fully saturated rings. The molecule has 0 saturated heterocycles. The third-order valence-electron chi connectivity index (χ3n) is 3.82. The maximum absolute atomic E-state index is 14.1. The molecule has 0 aliphatic heterocycles. The molecule has 0 atom stereocenters. The average Bonchev–Trinajstić information content (AvgIpc) is 2.67. The number of nitrogens with zero attached hydrogens (tertiary/aromatic N) is 1. The monoisotopic (exact) mass is 339 g/mol. The van der Waals surface area contributed by atoms with Gasteiger partial charge in [-0.05, 0) is 28.8 Å². The first-order valence-corrected chi connectivity index (χ1v) is 7.81. The van der Waals surface area contributed by atoms with Crippen LogP contribution in [0.5, 0.6) is 11.6 Å². The molecule has 0 unspecified atom stereocenters. The van der Waals surface area contributed by atoms with Gasteiger partial charge in [0.25, 0.3) is 0 Å². The highest BCUT2D eigenvalue weighted by molar-refractivity contribution is 5.69. The Morgan fingerprint density at radius 3 is 2.56 bits per heavy atom.